The van der Waals surface area contributed by atoms with Gasteiger partial charge >= 0.3 is 12.2 Å². The van der Waals surface area contributed by atoms with Crippen LogP contribution in [0.5, 0.6) is 0 Å². The normalized spacial score (nSPS) is 12.2. The lowest BCUT2D eigenvalue weighted by molar-refractivity contribution is -0.137. The number of anilines is 2. The summed E-state index contributed by atoms with van der Waals surface area (Å²) >= 11 is 0. The average molecular weight is 465 g/mol. The summed E-state index contributed by atoms with van der Waals surface area (Å²) in [6, 6.07) is 22.2. The number of benzene rings is 3. The highest BCUT2D eigenvalue weighted by atomic mass is 19.4. The molecule has 0 saturated carbocycles. The molecule has 2 amide bonds. The number of carbonyl (C=O) groups excluding carboxylic acids is 1. The first-order chi connectivity index (χ1) is 16.2. The van der Waals surface area contributed by atoms with Crippen molar-refractivity contribution in [2.75, 3.05) is 11.1 Å². The van der Waals surface area contributed by atoms with Crippen LogP contribution in [-0.2, 0) is 6.18 Å². The average Bonchev–Trinajstić information content (AvgIpc) is 3.15. The Balaban J connectivity index is 1.67. The summed E-state index contributed by atoms with van der Waals surface area (Å²) in [5, 5.41) is 10.1. The molecule has 3 aromatic carbocycles. The van der Waals surface area contributed by atoms with Gasteiger partial charge in [0, 0.05) is 5.56 Å². The van der Waals surface area contributed by atoms with Crippen molar-refractivity contribution in [2.45, 2.75) is 19.1 Å². The fraction of sp³-hybridized carbons (Fsp3) is 0.120. The molecule has 0 saturated heterocycles. The first kappa shape index (κ1) is 22.9. The second kappa shape index (κ2) is 9.30. The zero-order chi connectivity index (χ0) is 24.3. The van der Waals surface area contributed by atoms with Crippen LogP contribution in [0.1, 0.15) is 24.1 Å². The van der Waals surface area contributed by atoms with Crippen LogP contribution in [0, 0.1) is 0 Å². The molecule has 6 nitrogen and oxygen atoms in total. The smallest absolute Gasteiger partial charge is 0.382 e. The number of nitrogens with zero attached hydrogens (tertiary/aromatic N) is 2. The molecule has 0 radical (unpaired) electrons. The van der Waals surface area contributed by atoms with Crippen molar-refractivity contribution in [2.24, 2.45) is 0 Å². The lowest BCUT2D eigenvalue weighted by Gasteiger charge is -2.15. The van der Waals surface area contributed by atoms with Gasteiger partial charge in [-0.2, -0.15) is 18.3 Å². The number of aromatic nitrogens is 2. The quantitative estimate of drug-likeness (QED) is 0.337. The lowest BCUT2D eigenvalue weighted by atomic mass is 10.1. The maximum atomic E-state index is 13.0. The zero-order valence-corrected chi connectivity index (χ0v) is 18.2. The van der Waals surface area contributed by atoms with Crippen molar-refractivity contribution in [3.8, 4) is 16.9 Å². The molecule has 34 heavy (non-hydrogen) atoms. The van der Waals surface area contributed by atoms with Crippen LogP contribution in [0.3, 0.4) is 0 Å². The number of hydrogen-bond acceptors (Lipinski definition) is 3. The van der Waals surface area contributed by atoms with Crippen LogP contribution in [0.15, 0.2) is 84.9 Å². The van der Waals surface area contributed by atoms with Crippen LogP contribution in [0.4, 0.5) is 29.5 Å². The van der Waals surface area contributed by atoms with E-state index in [1.807, 2.05) is 55.5 Å². The van der Waals surface area contributed by atoms with Gasteiger partial charge in [-0.1, -0.05) is 60.7 Å². The van der Waals surface area contributed by atoms with E-state index < -0.39 is 17.8 Å². The van der Waals surface area contributed by atoms with Crippen LogP contribution in [0.25, 0.3) is 16.9 Å². The van der Waals surface area contributed by atoms with Gasteiger partial charge in [-0.25, -0.2) is 9.48 Å². The van der Waals surface area contributed by atoms with E-state index >= 15 is 0 Å². The van der Waals surface area contributed by atoms with Crippen molar-refractivity contribution in [3.05, 3.63) is 96.1 Å². The molecular formula is C25H22F3N5O. The molecule has 174 valence electrons. The SMILES string of the molecule is CC(NC(=O)Nc1c(-c2ccccc2)nn(-c2ccc(C(F)(F)F)cc2)c1N)c1ccccc1. The number of hydrogen-bond donors (Lipinski definition) is 3. The van der Waals surface area contributed by atoms with E-state index in [0.717, 1.165) is 17.7 Å². The van der Waals surface area contributed by atoms with Gasteiger partial charge in [0.1, 0.15) is 11.4 Å². The van der Waals surface area contributed by atoms with Crippen LogP contribution >= 0.6 is 0 Å². The molecule has 1 atom stereocenters. The van der Waals surface area contributed by atoms with E-state index in [4.69, 9.17) is 5.73 Å². The van der Waals surface area contributed by atoms with E-state index in [-0.39, 0.29) is 17.5 Å². The molecule has 4 rings (SSSR count). The van der Waals surface area contributed by atoms with Gasteiger partial charge in [0.15, 0.2) is 5.82 Å². The summed E-state index contributed by atoms with van der Waals surface area (Å²) in [4.78, 5) is 12.8. The Bertz CT molecular complexity index is 1270. The third-order valence-electron chi connectivity index (χ3n) is 5.29. The summed E-state index contributed by atoms with van der Waals surface area (Å²) < 4.78 is 40.2. The number of amides is 2. The number of nitrogens with two attached hydrogens (primary N) is 1. The van der Waals surface area contributed by atoms with E-state index in [1.165, 1.54) is 16.8 Å². The molecule has 1 heterocycles. The largest absolute Gasteiger partial charge is 0.416 e. The number of nitrogens with one attached hydrogen (secondary N) is 2. The number of carbonyl (C=O) groups is 1. The second-order valence-electron chi connectivity index (χ2n) is 7.66. The monoisotopic (exact) mass is 465 g/mol. The topological polar surface area (TPSA) is 85.0 Å². The van der Waals surface area contributed by atoms with E-state index in [0.29, 0.717) is 16.9 Å². The molecule has 0 aliphatic rings. The zero-order valence-electron chi connectivity index (χ0n) is 18.2. The predicted octanol–water partition coefficient (Wildman–Crippen LogP) is 6.02. The minimum absolute atomic E-state index is 0.0844. The van der Waals surface area contributed by atoms with Crippen molar-refractivity contribution in [1.82, 2.24) is 15.1 Å². The highest BCUT2D eigenvalue weighted by molar-refractivity contribution is 5.98. The van der Waals surface area contributed by atoms with Crippen LogP contribution in [0.2, 0.25) is 0 Å². The molecule has 4 N–H and O–H groups in total. The van der Waals surface area contributed by atoms with Gasteiger partial charge in [-0.05, 0) is 36.8 Å². The van der Waals surface area contributed by atoms with Crippen molar-refractivity contribution >= 4 is 17.5 Å². The first-order valence-electron chi connectivity index (χ1n) is 10.5. The summed E-state index contributed by atoms with van der Waals surface area (Å²) in [6.45, 7) is 1.85. The Morgan fingerprint density at radius 3 is 2.12 bits per heavy atom. The molecule has 0 fully saturated rings. The first-order valence-corrected chi connectivity index (χ1v) is 10.5. The molecule has 4 aromatic rings. The van der Waals surface area contributed by atoms with Gasteiger partial charge in [0.05, 0.1) is 17.3 Å². The van der Waals surface area contributed by atoms with Gasteiger partial charge < -0.3 is 16.4 Å². The number of halogens is 3. The molecule has 1 unspecified atom stereocenters. The summed E-state index contributed by atoms with van der Waals surface area (Å²) in [6.07, 6.45) is -4.45. The van der Waals surface area contributed by atoms with Gasteiger partial charge in [0.2, 0.25) is 0 Å². The molecule has 0 spiro atoms. The summed E-state index contributed by atoms with van der Waals surface area (Å²) in [7, 11) is 0. The van der Waals surface area contributed by atoms with E-state index in [2.05, 4.69) is 15.7 Å². The second-order valence-corrected chi connectivity index (χ2v) is 7.66. The Labute approximate surface area is 194 Å². The maximum Gasteiger partial charge on any atom is 0.416 e. The van der Waals surface area contributed by atoms with Gasteiger partial charge in [-0.15, -0.1) is 0 Å². The summed E-state index contributed by atoms with van der Waals surface area (Å²) in [5.74, 6) is 0.0844. The Kier molecular flexibility index (Phi) is 6.27. The molecule has 0 bridgehead atoms. The van der Waals surface area contributed by atoms with Gasteiger partial charge in [0.25, 0.3) is 0 Å². The molecular weight excluding hydrogens is 443 g/mol. The molecule has 0 aliphatic carbocycles. The minimum atomic E-state index is -4.45. The van der Waals surface area contributed by atoms with Crippen LogP contribution in [-0.4, -0.2) is 15.8 Å². The maximum absolute atomic E-state index is 13.0. The van der Waals surface area contributed by atoms with Crippen molar-refractivity contribution < 1.29 is 18.0 Å². The predicted molar refractivity (Wildman–Crippen MR) is 125 cm³/mol. The third kappa shape index (κ3) is 4.88. The fourth-order valence-electron chi connectivity index (χ4n) is 3.51. The molecule has 1 aromatic heterocycles. The third-order valence-corrected chi connectivity index (χ3v) is 5.29. The summed E-state index contributed by atoms with van der Waals surface area (Å²) in [5.41, 5.74) is 8.13. The number of nitrogen functional groups attached to an aromatic ring is 1. The number of urea groups is 1. The minimum Gasteiger partial charge on any atom is -0.382 e. The number of alkyl halides is 3. The lowest BCUT2D eigenvalue weighted by Crippen LogP contribution is -2.31. The van der Waals surface area contributed by atoms with Crippen molar-refractivity contribution in [3.63, 3.8) is 0 Å². The number of rotatable bonds is 5. The Hall–Kier alpha value is -4.27. The Morgan fingerprint density at radius 1 is 0.941 bits per heavy atom. The standard InChI is InChI=1S/C25H22F3N5O/c1-16(17-8-4-2-5-9-17)30-24(34)31-22-21(18-10-6-3-7-11-18)32-33(23(22)29)20-14-12-19(13-15-20)25(26,27)28/h2-16H,29H2,1H3,(H2,30,31,34). The Morgan fingerprint density at radius 2 is 1.53 bits per heavy atom. The van der Waals surface area contributed by atoms with Gasteiger partial charge in [-0.3, -0.25) is 0 Å². The van der Waals surface area contributed by atoms with Crippen molar-refractivity contribution in [1.29, 1.82) is 0 Å². The van der Waals surface area contributed by atoms with Crippen LogP contribution < -0.4 is 16.4 Å². The van der Waals surface area contributed by atoms with E-state index in [1.54, 1.807) is 12.1 Å². The molecule has 0 aliphatic heterocycles. The highest BCUT2D eigenvalue weighted by Crippen LogP contribution is 2.35. The van der Waals surface area contributed by atoms with E-state index in [9.17, 15) is 18.0 Å². The highest BCUT2D eigenvalue weighted by Gasteiger charge is 2.30. The molecule has 9 heteroatoms. The fourth-order valence-corrected chi connectivity index (χ4v) is 3.51.